The number of aliphatic hydroxyl groups excluding tert-OH is 1. The predicted octanol–water partition coefficient (Wildman–Crippen LogP) is 2.57. The van der Waals surface area contributed by atoms with Crippen molar-refractivity contribution in [2.75, 3.05) is 46.7 Å². The third-order valence-corrected chi connectivity index (χ3v) is 9.33. The molecule has 3 N–H and O–H groups in total. The van der Waals surface area contributed by atoms with E-state index < -0.39 is 28.1 Å². The van der Waals surface area contributed by atoms with Gasteiger partial charge in [0.2, 0.25) is 22.7 Å². The fraction of sp³-hybridized carbons (Fsp3) is 0.562. The van der Waals surface area contributed by atoms with E-state index in [0.717, 1.165) is 12.0 Å². The fourth-order valence-corrected chi connectivity index (χ4v) is 6.51. The molecular formula is C32H48N4O8S. The SMILES string of the molecule is CC[C@H](C)CC(=O)N(NC(=O)CNCCOC)[C@@H](Cc1ccccc1)[C@H](O)CN(CC(C)C)S(=O)(=O)c1ccc2c(c1)OCO2. The van der Waals surface area contributed by atoms with E-state index in [-0.39, 0.29) is 61.9 Å². The van der Waals surface area contributed by atoms with Crippen molar-refractivity contribution in [2.45, 2.75) is 64.0 Å². The lowest BCUT2D eigenvalue weighted by Gasteiger charge is -2.37. The lowest BCUT2D eigenvalue weighted by atomic mass is 9.98. The molecular weight excluding hydrogens is 600 g/mol. The van der Waals surface area contributed by atoms with Crippen molar-refractivity contribution in [1.82, 2.24) is 20.1 Å². The van der Waals surface area contributed by atoms with Crippen LogP contribution >= 0.6 is 0 Å². The summed E-state index contributed by atoms with van der Waals surface area (Å²) >= 11 is 0. The standard InChI is InChI=1S/C32H48N4O8S/c1-6-24(4)16-32(39)36(34-31(38)19-33-14-15-42-5)27(17-25-10-8-7-9-11-25)28(37)21-35(20-23(2)3)45(40,41)26-12-13-29-30(18-26)44-22-43-29/h7-13,18,23-24,27-28,33,37H,6,14-17,19-22H2,1-5H3,(H,34,38)/t24-,27-,28+/m0/s1. The van der Waals surface area contributed by atoms with E-state index in [1.54, 1.807) is 13.2 Å². The highest BCUT2D eigenvalue weighted by molar-refractivity contribution is 7.89. The van der Waals surface area contributed by atoms with Gasteiger partial charge in [0.1, 0.15) is 0 Å². The third-order valence-electron chi connectivity index (χ3n) is 7.51. The average Bonchev–Trinajstić information content (AvgIpc) is 3.49. The molecule has 0 saturated heterocycles. The van der Waals surface area contributed by atoms with Crippen LogP contribution in [0.3, 0.4) is 0 Å². The van der Waals surface area contributed by atoms with Gasteiger partial charge in [-0.1, -0.05) is 64.4 Å². The Morgan fingerprint density at radius 3 is 2.42 bits per heavy atom. The predicted molar refractivity (Wildman–Crippen MR) is 170 cm³/mol. The number of carbonyl (C=O) groups excluding carboxylic acids is 2. The number of nitrogens with zero attached hydrogens (tertiary/aromatic N) is 2. The second kappa shape index (κ2) is 17.5. The van der Waals surface area contributed by atoms with Crippen LogP contribution in [0.1, 0.15) is 46.1 Å². The number of hydrazine groups is 1. The van der Waals surface area contributed by atoms with Crippen molar-refractivity contribution >= 4 is 21.8 Å². The molecule has 0 aromatic heterocycles. The third kappa shape index (κ3) is 10.7. The molecule has 0 unspecified atom stereocenters. The highest BCUT2D eigenvalue weighted by Crippen LogP contribution is 2.35. The van der Waals surface area contributed by atoms with Gasteiger partial charge in [0, 0.05) is 39.2 Å². The molecule has 45 heavy (non-hydrogen) atoms. The van der Waals surface area contributed by atoms with Crippen LogP contribution in [-0.4, -0.2) is 93.5 Å². The molecule has 1 heterocycles. The van der Waals surface area contributed by atoms with Gasteiger partial charge in [0.15, 0.2) is 11.5 Å². The first kappa shape index (κ1) is 36.2. The minimum atomic E-state index is -4.10. The van der Waals surface area contributed by atoms with Gasteiger partial charge in [-0.2, -0.15) is 4.31 Å². The Labute approximate surface area is 267 Å². The lowest BCUT2D eigenvalue weighted by molar-refractivity contribution is -0.148. The zero-order chi connectivity index (χ0) is 33.0. The maximum absolute atomic E-state index is 14.0. The number of rotatable bonds is 18. The smallest absolute Gasteiger partial charge is 0.252 e. The summed E-state index contributed by atoms with van der Waals surface area (Å²) in [5.74, 6) is -0.115. The molecule has 0 spiro atoms. The quantitative estimate of drug-likeness (QED) is 0.164. The van der Waals surface area contributed by atoms with Gasteiger partial charge >= 0.3 is 0 Å². The monoisotopic (exact) mass is 648 g/mol. The maximum atomic E-state index is 14.0. The number of nitrogens with one attached hydrogen (secondary N) is 2. The second-order valence-electron chi connectivity index (χ2n) is 11.7. The summed E-state index contributed by atoms with van der Waals surface area (Å²) in [4.78, 5) is 26.8. The van der Waals surface area contributed by atoms with E-state index in [1.807, 2.05) is 58.0 Å². The first-order valence-electron chi connectivity index (χ1n) is 15.4. The van der Waals surface area contributed by atoms with Gasteiger partial charge in [0.25, 0.3) is 5.91 Å². The summed E-state index contributed by atoms with van der Waals surface area (Å²) in [5.41, 5.74) is 3.53. The summed E-state index contributed by atoms with van der Waals surface area (Å²) in [7, 11) is -2.55. The Balaban J connectivity index is 1.97. The summed E-state index contributed by atoms with van der Waals surface area (Å²) in [6.07, 6.45) is -0.314. The van der Waals surface area contributed by atoms with E-state index in [1.165, 1.54) is 21.4 Å². The largest absolute Gasteiger partial charge is 0.454 e. The number of sulfonamides is 1. The topological polar surface area (TPSA) is 147 Å². The minimum absolute atomic E-state index is 0.000603. The normalized spacial score (nSPS) is 14.8. The van der Waals surface area contributed by atoms with Crippen LogP contribution in [0.4, 0.5) is 0 Å². The van der Waals surface area contributed by atoms with Gasteiger partial charge in [0.05, 0.1) is 30.2 Å². The highest BCUT2D eigenvalue weighted by atomic mass is 32.2. The molecule has 2 aromatic rings. The number of fused-ring (bicyclic) bond motifs is 1. The van der Waals surface area contributed by atoms with Gasteiger partial charge in [-0.05, 0) is 36.0 Å². The molecule has 0 saturated carbocycles. The van der Waals surface area contributed by atoms with Gasteiger partial charge in [-0.3, -0.25) is 15.0 Å². The average molecular weight is 649 g/mol. The molecule has 2 aromatic carbocycles. The van der Waals surface area contributed by atoms with Crippen LogP contribution in [0.5, 0.6) is 11.5 Å². The number of carbonyl (C=O) groups is 2. The highest BCUT2D eigenvalue weighted by Gasteiger charge is 2.36. The number of amides is 2. The first-order valence-corrected chi connectivity index (χ1v) is 16.8. The molecule has 0 bridgehead atoms. The number of benzene rings is 2. The summed E-state index contributed by atoms with van der Waals surface area (Å²) in [5, 5.41) is 16.0. The Kier molecular flexibility index (Phi) is 14.1. The summed E-state index contributed by atoms with van der Waals surface area (Å²) < 4.78 is 44.9. The zero-order valence-corrected chi connectivity index (χ0v) is 27.7. The van der Waals surface area contributed by atoms with Gasteiger partial charge < -0.3 is 24.6 Å². The number of methoxy groups -OCH3 is 1. The number of ether oxygens (including phenoxy) is 3. The van der Waals surface area contributed by atoms with Crippen molar-refractivity contribution in [2.24, 2.45) is 11.8 Å². The molecule has 250 valence electrons. The number of hydrogen-bond acceptors (Lipinski definition) is 9. The van der Waals surface area contributed by atoms with E-state index in [9.17, 15) is 23.1 Å². The Bertz CT molecular complexity index is 1340. The van der Waals surface area contributed by atoms with Crippen LogP contribution in [0.2, 0.25) is 0 Å². The van der Waals surface area contributed by atoms with Gasteiger partial charge in [-0.25, -0.2) is 13.4 Å². The van der Waals surface area contributed by atoms with Crippen molar-refractivity contribution in [3.63, 3.8) is 0 Å². The Morgan fingerprint density at radius 2 is 1.76 bits per heavy atom. The van der Waals surface area contributed by atoms with Crippen molar-refractivity contribution in [3.05, 3.63) is 54.1 Å². The van der Waals surface area contributed by atoms with Crippen LogP contribution < -0.4 is 20.2 Å². The Morgan fingerprint density at radius 1 is 1.04 bits per heavy atom. The van der Waals surface area contributed by atoms with E-state index in [2.05, 4.69) is 10.7 Å². The molecule has 0 radical (unpaired) electrons. The summed E-state index contributed by atoms with van der Waals surface area (Å²) in [6, 6.07) is 12.7. The minimum Gasteiger partial charge on any atom is -0.454 e. The number of aliphatic hydroxyl groups is 1. The van der Waals surface area contributed by atoms with Crippen LogP contribution in [0.25, 0.3) is 0 Å². The zero-order valence-electron chi connectivity index (χ0n) is 26.9. The van der Waals surface area contributed by atoms with Crippen LogP contribution in [-0.2, 0) is 30.8 Å². The second-order valence-corrected chi connectivity index (χ2v) is 13.7. The molecule has 3 rings (SSSR count). The van der Waals surface area contributed by atoms with E-state index in [4.69, 9.17) is 14.2 Å². The van der Waals surface area contributed by atoms with Gasteiger partial charge in [-0.15, -0.1) is 0 Å². The van der Waals surface area contributed by atoms with Crippen molar-refractivity contribution in [3.8, 4) is 11.5 Å². The molecule has 3 atom stereocenters. The Hall–Kier alpha value is -3.23. The molecule has 12 nitrogen and oxygen atoms in total. The molecule has 2 amide bonds. The van der Waals surface area contributed by atoms with Crippen LogP contribution in [0, 0.1) is 11.8 Å². The summed E-state index contributed by atoms with van der Waals surface area (Å²) in [6.45, 7) is 8.24. The fourth-order valence-electron chi connectivity index (χ4n) is 4.87. The van der Waals surface area contributed by atoms with E-state index in [0.29, 0.717) is 24.7 Å². The molecule has 13 heteroatoms. The van der Waals surface area contributed by atoms with E-state index >= 15 is 0 Å². The van der Waals surface area contributed by atoms with Crippen molar-refractivity contribution in [1.29, 1.82) is 0 Å². The van der Waals surface area contributed by atoms with Crippen molar-refractivity contribution < 1.29 is 37.3 Å². The lowest BCUT2D eigenvalue weighted by Crippen LogP contribution is -2.60. The molecule has 0 fully saturated rings. The maximum Gasteiger partial charge on any atom is 0.252 e. The van der Waals surface area contributed by atoms with Crippen LogP contribution in [0.15, 0.2) is 53.4 Å². The first-order chi connectivity index (χ1) is 21.5. The molecule has 1 aliphatic rings. The molecule has 0 aliphatic carbocycles. The number of hydrogen-bond donors (Lipinski definition) is 3. The molecule has 1 aliphatic heterocycles.